The topological polar surface area (TPSA) is 81.2 Å². The fraction of sp³-hybridized carbons (Fsp3) is 0.111. The Kier molecular flexibility index (Phi) is 6.46. The first-order chi connectivity index (χ1) is 13.3. The van der Waals surface area contributed by atoms with Crippen LogP contribution in [0.15, 0.2) is 59.5 Å². The van der Waals surface area contributed by atoms with E-state index in [0.29, 0.717) is 5.69 Å². The second-order valence-corrected chi connectivity index (χ2v) is 8.17. The molecule has 1 heterocycles. The number of aromatic nitrogens is 2. The van der Waals surface area contributed by atoms with E-state index in [2.05, 4.69) is 14.9 Å². The fourth-order valence-electron chi connectivity index (χ4n) is 2.23. The van der Waals surface area contributed by atoms with Crippen LogP contribution in [-0.2, 0) is 10.0 Å². The van der Waals surface area contributed by atoms with E-state index >= 15 is 0 Å². The molecular formula is C18H14Cl2FN3O3S. The van der Waals surface area contributed by atoms with Gasteiger partial charge in [0.25, 0.3) is 0 Å². The Labute approximate surface area is 171 Å². The van der Waals surface area contributed by atoms with E-state index in [1.54, 1.807) is 24.3 Å². The summed E-state index contributed by atoms with van der Waals surface area (Å²) in [6.45, 7) is 0.0646. The van der Waals surface area contributed by atoms with Crippen LogP contribution in [0.2, 0.25) is 10.0 Å². The van der Waals surface area contributed by atoms with Crippen molar-refractivity contribution in [3.05, 3.63) is 70.5 Å². The molecule has 146 valence electrons. The normalized spacial score (nSPS) is 11.4. The van der Waals surface area contributed by atoms with Gasteiger partial charge >= 0.3 is 0 Å². The van der Waals surface area contributed by atoms with E-state index < -0.39 is 10.0 Å². The summed E-state index contributed by atoms with van der Waals surface area (Å²) in [5, 5.41) is 8.34. The number of rotatable bonds is 7. The molecular weight excluding hydrogens is 428 g/mol. The van der Waals surface area contributed by atoms with E-state index in [0.717, 1.165) is 5.56 Å². The predicted octanol–water partition coefficient (Wildman–Crippen LogP) is 3.95. The van der Waals surface area contributed by atoms with Crippen LogP contribution in [-0.4, -0.2) is 31.8 Å². The summed E-state index contributed by atoms with van der Waals surface area (Å²) in [6, 6.07) is 13.2. The summed E-state index contributed by atoms with van der Waals surface area (Å²) >= 11 is 11.6. The van der Waals surface area contributed by atoms with Gasteiger partial charge in [-0.2, -0.15) is 0 Å². The van der Waals surface area contributed by atoms with E-state index in [9.17, 15) is 12.8 Å². The van der Waals surface area contributed by atoms with Gasteiger partial charge in [-0.25, -0.2) is 17.5 Å². The van der Waals surface area contributed by atoms with E-state index in [1.807, 2.05) is 0 Å². The first kappa shape index (κ1) is 20.5. The molecule has 2 aromatic carbocycles. The molecule has 1 aromatic heterocycles. The van der Waals surface area contributed by atoms with Gasteiger partial charge in [0.05, 0.1) is 20.6 Å². The summed E-state index contributed by atoms with van der Waals surface area (Å²) in [6.07, 6.45) is 0. The van der Waals surface area contributed by atoms with Gasteiger partial charge in [0.15, 0.2) is 0 Å². The molecule has 0 spiro atoms. The monoisotopic (exact) mass is 441 g/mol. The molecule has 3 rings (SSSR count). The Hall–Kier alpha value is -2.26. The molecule has 0 aliphatic heterocycles. The minimum atomic E-state index is -3.74. The molecule has 0 unspecified atom stereocenters. The third-order valence-corrected chi connectivity index (χ3v) is 5.82. The Morgan fingerprint density at radius 2 is 1.71 bits per heavy atom. The van der Waals surface area contributed by atoms with Crippen molar-refractivity contribution < 1.29 is 17.5 Å². The summed E-state index contributed by atoms with van der Waals surface area (Å²) in [5.41, 5.74) is 1.28. The van der Waals surface area contributed by atoms with Gasteiger partial charge in [-0.15, -0.1) is 10.2 Å². The van der Waals surface area contributed by atoms with E-state index in [4.69, 9.17) is 27.9 Å². The Morgan fingerprint density at radius 3 is 2.36 bits per heavy atom. The van der Waals surface area contributed by atoms with Crippen LogP contribution in [0.5, 0.6) is 5.88 Å². The zero-order chi connectivity index (χ0) is 20.1. The minimum Gasteiger partial charge on any atom is -0.475 e. The molecule has 0 fully saturated rings. The maximum atomic E-state index is 13.0. The van der Waals surface area contributed by atoms with Crippen molar-refractivity contribution in [2.75, 3.05) is 13.2 Å². The number of benzene rings is 2. The van der Waals surface area contributed by atoms with E-state index in [-0.39, 0.29) is 39.8 Å². The highest BCUT2D eigenvalue weighted by atomic mass is 35.5. The molecule has 3 aromatic rings. The van der Waals surface area contributed by atoms with Gasteiger partial charge < -0.3 is 4.74 Å². The minimum absolute atomic E-state index is 0.00495. The highest BCUT2D eigenvalue weighted by Gasteiger charge is 2.15. The zero-order valence-corrected chi connectivity index (χ0v) is 16.6. The summed E-state index contributed by atoms with van der Waals surface area (Å²) in [5.74, 6) is -0.0976. The van der Waals surface area contributed by atoms with Crippen LogP contribution in [0, 0.1) is 5.82 Å². The number of sulfonamides is 1. The van der Waals surface area contributed by atoms with Gasteiger partial charge in [0.1, 0.15) is 12.4 Å². The first-order valence-electron chi connectivity index (χ1n) is 8.02. The quantitative estimate of drug-likeness (QED) is 0.561. The molecule has 1 N–H and O–H groups in total. The molecule has 0 amide bonds. The maximum Gasteiger partial charge on any atom is 0.240 e. The van der Waals surface area contributed by atoms with Gasteiger partial charge in [0.2, 0.25) is 15.9 Å². The molecule has 0 saturated carbocycles. The summed E-state index contributed by atoms with van der Waals surface area (Å²) in [4.78, 5) is 0.00495. The lowest BCUT2D eigenvalue weighted by Gasteiger charge is -2.09. The zero-order valence-electron chi connectivity index (χ0n) is 14.3. The number of ether oxygens (including phenoxy) is 1. The van der Waals surface area contributed by atoms with Crippen molar-refractivity contribution >= 4 is 33.2 Å². The van der Waals surface area contributed by atoms with Gasteiger partial charge in [-0.1, -0.05) is 23.2 Å². The van der Waals surface area contributed by atoms with Gasteiger partial charge in [-0.3, -0.25) is 0 Å². The van der Waals surface area contributed by atoms with Crippen molar-refractivity contribution in [2.24, 2.45) is 0 Å². The lowest BCUT2D eigenvalue weighted by Crippen LogP contribution is -2.28. The average Bonchev–Trinajstić information content (AvgIpc) is 2.68. The number of hydrogen-bond donors (Lipinski definition) is 1. The highest BCUT2D eigenvalue weighted by molar-refractivity contribution is 7.89. The first-order valence-corrected chi connectivity index (χ1v) is 10.3. The van der Waals surface area contributed by atoms with Crippen molar-refractivity contribution in [1.82, 2.24) is 14.9 Å². The average molecular weight is 442 g/mol. The highest BCUT2D eigenvalue weighted by Crippen LogP contribution is 2.24. The van der Waals surface area contributed by atoms with E-state index in [1.165, 1.54) is 30.3 Å². The van der Waals surface area contributed by atoms with Crippen LogP contribution in [0.1, 0.15) is 0 Å². The number of nitrogens with zero attached hydrogens (tertiary/aromatic N) is 2. The molecule has 10 heteroatoms. The standard InChI is InChI=1S/C18H14Cl2FN3O3S/c19-15-6-5-14(11-16(15)20)28(25,26)22-9-10-27-18-8-7-17(23-24-18)12-1-3-13(21)4-2-12/h1-8,11,22H,9-10H2. The smallest absolute Gasteiger partial charge is 0.240 e. The largest absolute Gasteiger partial charge is 0.475 e. The Balaban J connectivity index is 1.53. The van der Waals surface area contributed by atoms with Crippen molar-refractivity contribution in [3.8, 4) is 17.1 Å². The summed E-state index contributed by atoms with van der Waals surface area (Å²) < 4.78 is 45.1. The van der Waals surface area contributed by atoms with Gasteiger partial charge in [-0.05, 0) is 48.5 Å². The van der Waals surface area contributed by atoms with Crippen molar-refractivity contribution in [3.63, 3.8) is 0 Å². The molecule has 0 bridgehead atoms. The van der Waals surface area contributed by atoms with Crippen LogP contribution < -0.4 is 9.46 Å². The Morgan fingerprint density at radius 1 is 0.964 bits per heavy atom. The molecule has 0 aliphatic rings. The molecule has 0 atom stereocenters. The molecule has 28 heavy (non-hydrogen) atoms. The van der Waals surface area contributed by atoms with Crippen molar-refractivity contribution in [2.45, 2.75) is 4.90 Å². The second kappa shape index (κ2) is 8.83. The lowest BCUT2D eigenvalue weighted by atomic mass is 10.1. The SMILES string of the molecule is O=S(=O)(NCCOc1ccc(-c2ccc(F)cc2)nn1)c1ccc(Cl)c(Cl)c1. The third kappa shape index (κ3) is 5.17. The molecule has 0 radical (unpaired) electrons. The van der Waals surface area contributed by atoms with Crippen LogP contribution in [0.3, 0.4) is 0 Å². The number of halogens is 3. The maximum absolute atomic E-state index is 13.0. The Bertz CT molecular complexity index is 1060. The molecule has 0 saturated heterocycles. The van der Waals surface area contributed by atoms with Crippen LogP contribution >= 0.6 is 23.2 Å². The third-order valence-electron chi connectivity index (χ3n) is 3.63. The van der Waals surface area contributed by atoms with Crippen LogP contribution in [0.25, 0.3) is 11.3 Å². The second-order valence-electron chi connectivity index (χ2n) is 5.59. The lowest BCUT2D eigenvalue weighted by molar-refractivity contribution is 0.307. The van der Waals surface area contributed by atoms with Crippen LogP contribution in [0.4, 0.5) is 4.39 Å². The number of hydrogen-bond acceptors (Lipinski definition) is 5. The molecule has 6 nitrogen and oxygen atoms in total. The fourth-order valence-corrected chi connectivity index (χ4v) is 3.63. The van der Waals surface area contributed by atoms with Gasteiger partial charge in [0, 0.05) is 18.2 Å². The summed E-state index contributed by atoms with van der Waals surface area (Å²) in [7, 11) is -3.74. The molecule has 0 aliphatic carbocycles. The van der Waals surface area contributed by atoms with Crippen molar-refractivity contribution in [1.29, 1.82) is 0 Å². The predicted molar refractivity (Wildman–Crippen MR) is 105 cm³/mol. The number of nitrogens with one attached hydrogen (secondary N) is 1.